The van der Waals surface area contributed by atoms with Crippen LogP contribution in [0.25, 0.3) is 0 Å². The summed E-state index contributed by atoms with van der Waals surface area (Å²) >= 11 is 1.44. The van der Waals surface area contributed by atoms with Gasteiger partial charge in [0.15, 0.2) is 11.5 Å². The molecule has 0 aliphatic heterocycles. The summed E-state index contributed by atoms with van der Waals surface area (Å²) in [6.45, 7) is 1.30. The van der Waals surface area contributed by atoms with Crippen LogP contribution in [0.5, 0.6) is 11.5 Å². The van der Waals surface area contributed by atoms with Crippen LogP contribution >= 0.6 is 11.3 Å². The summed E-state index contributed by atoms with van der Waals surface area (Å²) in [6, 6.07) is 7.44. The van der Waals surface area contributed by atoms with Gasteiger partial charge in [0.25, 0.3) is 0 Å². The molecular formula is C15H17NO4S. The van der Waals surface area contributed by atoms with Gasteiger partial charge in [0.2, 0.25) is 0 Å². The van der Waals surface area contributed by atoms with Gasteiger partial charge in [-0.3, -0.25) is 0 Å². The number of rotatable bonds is 7. The molecule has 0 aliphatic carbocycles. The predicted octanol–water partition coefficient (Wildman–Crippen LogP) is 2.75. The Hall–Kier alpha value is -2.05. The zero-order chi connectivity index (χ0) is 15.2. The lowest BCUT2D eigenvalue weighted by Crippen LogP contribution is -2.12. The Bertz CT molecular complexity index is 624. The van der Waals surface area contributed by atoms with Crippen LogP contribution in [0.1, 0.15) is 20.8 Å². The lowest BCUT2D eigenvalue weighted by molar-refractivity contribution is 0.0697. The Kier molecular flexibility index (Phi) is 5.19. The number of hydrogen-bond acceptors (Lipinski definition) is 5. The minimum Gasteiger partial charge on any atom is -0.493 e. The van der Waals surface area contributed by atoms with Crippen molar-refractivity contribution in [2.75, 3.05) is 14.2 Å². The summed E-state index contributed by atoms with van der Waals surface area (Å²) in [5, 5.41) is 13.8. The van der Waals surface area contributed by atoms with Gasteiger partial charge < -0.3 is 19.9 Å². The SMILES string of the molecule is COc1ccc(CNCc2cc(C(=O)O)cs2)cc1OC. The summed E-state index contributed by atoms with van der Waals surface area (Å²) in [6.07, 6.45) is 0. The highest BCUT2D eigenvalue weighted by Gasteiger charge is 2.07. The van der Waals surface area contributed by atoms with E-state index in [1.165, 1.54) is 11.3 Å². The van der Waals surface area contributed by atoms with E-state index in [0.29, 0.717) is 30.2 Å². The van der Waals surface area contributed by atoms with Crippen molar-refractivity contribution in [1.29, 1.82) is 0 Å². The molecule has 0 atom stereocenters. The molecule has 6 heteroatoms. The highest BCUT2D eigenvalue weighted by molar-refractivity contribution is 7.10. The number of carboxylic acid groups (broad SMARTS) is 1. The van der Waals surface area contributed by atoms with Gasteiger partial charge in [0.05, 0.1) is 19.8 Å². The molecule has 2 aromatic rings. The predicted molar refractivity (Wildman–Crippen MR) is 81.4 cm³/mol. The van der Waals surface area contributed by atoms with Crippen molar-refractivity contribution in [2.45, 2.75) is 13.1 Å². The zero-order valence-corrected chi connectivity index (χ0v) is 12.7. The maximum Gasteiger partial charge on any atom is 0.336 e. The fourth-order valence-electron chi connectivity index (χ4n) is 1.91. The summed E-state index contributed by atoms with van der Waals surface area (Å²) in [4.78, 5) is 11.8. The number of carbonyl (C=O) groups is 1. The minimum absolute atomic E-state index is 0.336. The molecule has 21 heavy (non-hydrogen) atoms. The first kappa shape index (κ1) is 15.3. The molecule has 1 aromatic heterocycles. The van der Waals surface area contributed by atoms with E-state index >= 15 is 0 Å². The van der Waals surface area contributed by atoms with Crippen molar-refractivity contribution in [3.8, 4) is 11.5 Å². The lowest BCUT2D eigenvalue weighted by Gasteiger charge is -2.10. The van der Waals surface area contributed by atoms with Crippen LogP contribution in [0.3, 0.4) is 0 Å². The van der Waals surface area contributed by atoms with E-state index in [1.54, 1.807) is 25.7 Å². The maximum atomic E-state index is 10.8. The fraction of sp³-hybridized carbons (Fsp3) is 0.267. The van der Waals surface area contributed by atoms with Gasteiger partial charge in [-0.2, -0.15) is 0 Å². The van der Waals surface area contributed by atoms with Crippen LogP contribution in [0.4, 0.5) is 0 Å². The topological polar surface area (TPSA) is 67.8 Å². The van der Waals surface area contributed by atoms with E-state index in [9.17, 15) is 4.79 Å². The number of benzene rings is 1. The Morgan fingerprint density at radius 1 is 1.19 bits per heavy atom. The minimum atomic E-state index is -0.891. The van der Waals surface area contributed by atoms with E-state index in [-0.39, 0.29) is 0 Å². The Balaban J connectivity index is 1.92. The molecule has 5 nitrogen and oxygen atoms in total. The molecule has 0 radical (unpaired) electrons. The Labute approximate surface area is 127 Å². The lowest BCUT2D eigenvalue weighted by atomic mass is 10.2. The molecule has 112 valence electrons. The Morgan fingerprint density at radius 3 is 2.57 bits per heavy atom. The van der Waals surface area contributed by atoms with Crippen LogP contribution in [0, 0.1) is 0 Å². The molecule has 0 bridgehead atoms. The second-order valence-corrected chi connectivity index (χ2v) is 5.40. The van der Waals surface area contributed by atoms with E-state index in [4.69, 9.17) is 14.6 Å². The number of ether oxygens (including phenoxy) is 2. The van der Waals surface area contributed by atoms with Crippen LogP contribution < -0.4 is 14.8 Å². The average Bonchev–Trinajstić information content (AvgIpc) is 2.96. The average molecular weight is 307 g/mol. The Morgan fingerprint density at radius 2 is 1.95 bits per heavy atom. The second kappa shape index (κ2) is 7.10. The fourth-order valence-corrected chi connectivity index (χ4v) is 2.73. The third kappa shape index (κ3) is 3.96. The standard InChI is InChI=1S/C15H17NO4S/c1-19-13-4-3-10(5-14(13)20-2)7-16-8-12-6-11(9-21-12)15(17)18/h3-6,9,16H,7-8H2,1-2H3,(H,17,18). The molecular weight excluding hydrogens is 290 g/mol. The number of carboxylic acids is 1. The number of aromatic carboxylic acids is 1. The van der Waals surface area contributed by atoms with Crippen LogP contribution in [-0.2, 0) is 13.1 Å². The molecule has 0 fully saturated rings. The third-order valence-electron chi connectivity index (χ3n) is 2.98. The molecule has 0 spiro atoms. The first-order valence-electron chi connectivity index (χ1n) is 6.36. The maximum absolute atomic E-state index is 10.8. The molecule has 1 aromatic carbocycles. The number of hydrogen-bond donors (Lipinski definition) is 2. The van der Waals surface area contributed by atoms with Crippen LogP contribution in [0.15, 0.2) is 29.6 Å². The summed E-state index contributed by atoms with van der Waals surface area (Å²) in [5.74, 6) is 0.504. The first-order valence-corrected chi connectivity index (χ1v) is 7.24. The van der Waals surface area contributed by atoms with E-state index in [0.717, 1.165) is 10.4 Å². The van der Waals surface area contributed by atoms with E-state index in [2.05, 4.69) is 5.32 Å². The number of nitrogens with one attached hydrogen (secondary N) is 1. The number of thiophene rings is 1. The monoisotopic (exact) mass is 307 g/mol. The molecule has 0 saturated carbocycles. The smallest absolute Gasteiger partial charge is 0.336 e. The van der Waals surface area contributed by atoms with Crippen molar-refractivity contribution in [3.63, 3.8) is 0 Å². The quantitative estimate of drug-likeness (QED) is 0.823. The summed E-state index contributed by atoms with van der Waals surface area (Å²) in [5.41, 5.74) is 1.41. The molecule has 0 amide bonds. The van der Waals surface area contributed by atoms with Gasteiger partial charge in [0.1, 0.15) is 0 Å². The van der Waals surface area contributed by atoms with Gasteiger partial charge in [-0.1, -0.05) is 6.07 Å². The summed E-state index contributed by atoms with van der Waals surface area (Å²) in [7, 11) is 3.21. The van der Waals surface area contributed by atoms with Gasteiger partial charge >= 0.3 is 5.97 Å². The van der Waals surface area contributed by atoms with E-state index < -0.39 is 5.97 Å². The first-order chi connectivity index (χ1) is 10.1. The largest absolute Gasteiger partial charge is 0.493 e. The molecule has 0 unspecified atom stereocenters. The van der Waals surface area contributed by atoms with E-state index in [1.807, 2.05) is 18.2 Å². The molecule has 1 heterocycles. The van der Waals surface area contributed by atoms with Gasteiger partial charge in [0, 0.05) is 23.3 Å². The van der Waals surface area contributed by atoms with Gasteiger partial charge in [-0.15, -0.1) is 11.3 Å². The van der Waals surface area contributed by atoms with Crippen LogP contribution in [0.2, 0.25) is 0 Å². The molecule has 2 N–H and O–H groups in total. The van der Waals surface area contributed by atoms with Crippen molar-refractivity contribution in [3.05, 3.63) is 45.6 Å². The number of methoxy groups -OCH3 is 2. The zero-order valence-electron chi connectivity index (χ0n) is 11.9. The van der Waals surface area contributed by atoms with Crippen molar-refractivity contribution >= 4 is 17.3 Å². The van der Waals surface area contributed by atoms with Gasteiger partial charge in [-0.25, -0.2) is 4.79 Å². The highest BCUT2D eigenvalue weighted by atomic mass is 32.1. The molecule has 0 saturated heterocycles. The molecule has 0 aliphatic rings. The normalized spacial score (nSPS) is 10.4. The molecule has 2 rings (SSSR count). The summed E-state index contributed by atoms with van der Waals surface area (Å²) < 4.78 is 10.4. The van der Waals surface area contributed by atoms with Crippen LogP contribution in [-0.4, -0.2) is 25.3 Å². The highest BCUT2D eigenvalue weighted by Crippen LogP contribution is 2.27. The van der Waals surface area contributed by atoms with Crippen molar-refractivity contribution < 1.29 is 19.4 Å². The van der Waals surface area contributed by atoms with Crippen molar-refractivity contribution in [1.82, 2.24) is 5.32 Å². The second-order valence-electron chi connectivity index (χ2n) is 4.40. The van der Waals surface area contributed by atoms with Gasteiger partial charge in [-0.05, 0) is 23.8 Å². The van der Waals surface area contributed by atoms with Crippen molar-refractivity contribution in [2.24, 2.45) is 0 Å². The third-order valence-corrected chi connectivity index (χ3v) is 3.91.